The van der Waals surface area contributed by atoms with E-state index in [-0.39, 0.29) is 11.9 Å². The third-order valence-corrected chi connectivity index (χ3v) is 4.04. The van der Waals surface area contributed by atoms with E-state index < -0.39 is 6.10 Å². The Morgan fingerprint density at radius 1 is 1.07 bits per heavy atom. The van der Waals surface area contributed by atoms with Crippen LogP contribution in [0.15, 0.2) is 48.5 Å². The van der Waals surface area contributed by atoms with Crippen molar-refractivity contribution in [3.8, 4) is 5.75 Å². The highest BCUT2D eigenvalue weighted by Gasteiger charge is 2.15. The van der Waals surface area contributed by atoms with Gasteiger partial charge in [0.15, 0.2) is 6.10 Å². The Balaban J connectivity index is 1.85. The van der Waals surface area contributed by atoms with Crippen LogP contribution in [0.25, 0.3) is 0 Å². The summed E-state index contributed by atoms with van der Waals surface area (Å²) < 4.78 is 10.9. The fraction of sp³-hybridized carbons (Fsp3) is 0.364. The van der Waals surface area contributed by atoms with Gasteiger partial charge in [0.2, 0.25) is 0 Å². The predicted octanol–water partition coefficient (Wildman–Crippen LogP) is 4.75. The predicted molar refractivity (Wildman–Crippen MR) is 106 cm³/mol. The molecule has 0 radical (unpaired) electrons. The molecule has 0 aliphatic rings. The summed E-state index contributed by atoms with van der Waals surface area (Å²) in [5.41, 5.74) is 2.13. The van der Waals surface area contributed by atoms with Gasteiger partial charge in [-0.3, -0.25) is 4.79 Å². The molecule has 2 aromatic carbocycles. The van der Waals surface area contributed by atoms with Crippen LogP contribution in [-0.2, 0) is 9.53 Å². The molecule has 5 heteroatoms. The topological polar surface area (TPSA) is 64.6 Å². The third-order valence-electron chi connectivity index (χ3n) is 4.04. The first-order valence-corrected chi connectivity index (χ1v) is 9.31. The number of hydrogen-bond acceptors (Lipinski definition) is 4. The molecule has 0 aliphatic carbocycles. The van der Waals surface area contributed by atoms with Crippen LogP contribution in [0, 0.1) is 6.92 Å². The molecule has 0 saturated heterocycles. The molecular weight excluding hydrogens is 342 g/mol. The Hall–Kier alpha value is -2.82. The third kappa shape index (κ3) is 6.77. The van der Waals surface area contributed by atoms with Gasteiger partial charge in [-0.05, 0) is 62.2 Å². The Bertz CT molecular complexity index is 755. The van der Waals surface area contributed by atoms with Crippen molar-refractivity contribution in [3.63, 3.8) is 0 Å². The lowest BCUT2D eigenvalue weighted by molar-refractivity contribution is -0.122. The zero-order valence-electron chi connectivity index (χ0n) is 16.2. The van der Waals surface area contributed by atoms with Crippen LogP contribution in [0.3, 0.4) is 0 Å². The van der Waals surface area contributed by atoms with Crippen molar-refractivity contribution in [2.45, 2.75) is 46.1 Å². The summed E-state index contributed by atoms with van der Waals surface area (Å²) in [4.78, 5) is 24.2. The van der Waals surface area contributed by atoms with Gasteiger partial charge in [-0.2, -0.15) is 0 Å². The highest BCUT2D eigenvalue weighted by atomic mass is 16.5. The van der Waals surface area contributed by atoms with E-state index in [1.807, 2.05) is 31.2 Å². The largest absolute Gasteiger partial charge is 0.481 e. The number of esters is 1. The van der Waals surface area contributed by atoms with Crippen LogP contribution in [-0.4, -0.2) is 24.6 Å². The molecule has 2 rings (SSSR count). The van der Waals surface area contributed by atoms with Crippen molar-refractivity contribution in [1.82, 2.24) is 0 Å². The minimum absolute atomic E-state index is 0.258. The number of benzene rings is 2. The van der Waals surface area contributed by atoms with Crippen molar-refractivity contribution >= 4 is 17.6 Å². The number of rotatable bonds is 9. The van der Waals surface area contributed by atoms with Gasteiger partial charge < -0.3 is 14.8 Å². The van der Waals surface area contributed by atoms with Gasteiger partial charge in [0.05, 0.1) is 12.2 Å². The van der Waals surface area contributed by atoms with Crippen molar-refractivity contribution in [3.05, 3.63) is 59.7 Å². The van der Waals surface area contributed by atoms with Crippen LogP contribution in [0.4, 0.5) is 5.69 Å². The van der Waals surface area contributed by atoms with Gasteiger partial charge in [-0.25, -0.2) is 4.79 Å². The van der Waals surface area contributed by atoms with Crippen LogP contribution in [0.1, 0.15) is 49.0 Å². The Morgan fingerprint density at radius 2 is 1.81 bits per heavy atom. The molecule has 0 fully saturated rings. The van der Waals surface area contributed by atoms with Crippen molar-refractivity contribution < 1.29 is 19.1 Å². The van der Waals surface area contributed by atoms with Gasteiger partial charge in [-0.1, -0.05) is 31.9 Å². The molecule has 2 aromatic rings. The van der Waals surface area contributed by atoms with Crippen LogP contribution >= 0.6 is 0 Å². The molecular formula is C22H27NO4. The van der Waals surface area contributed by atoms with Crippen LogP contribution in [0.5, 0.6) is 5.75 Å². The van der Waals surface area contributed by atoms with E-state index in [2.05, 4.69) is 12.2 Å². The summed E-state index contributed by atoms with van der Waals surface area (Å²) in [5, 5.41) is 2.79. The second kappa shape index (κ2) is 10.4. The summed E-state index contributed by atoms with van der Waals surface area (Å²) >= 11 is 0. The monoisotopic (exact) mass is 369 g/mol. The summed E-state index contributed by atoms with van der Waals surface area (Å²) in [6.45, 7) is 6.19. The van der Waals surface area contributed by atoms with E-state index in [1.165, 1.54) is 0 Å². The fourth-order valence-electron chi connectivity index (χ4n) is 2.48. The lowest BCUT2D eigenvalue weighted by Crippen LogP contribution is -2.30. The lowest BCUT2D eigenvalue weighted by Gasteiger charge is -2.15. The maximum absolute atomic E-state index is 12.3. The summed E-state index contributed by atoms with van der Waals surface area (Å²) in [6.07, 6.45) is 2.35. The van der Waals surface area contributed by atoms with E-state index in [0.717, 1.165) is 24.8 Å². The summed E-state index contributed by atoms with van der Waals surface area (Å²) in [6, 6.07) is 14.2. The quantitative estimate of drug-likeness (QED) is 0.512. The first-order valence-electron chi connectivity index (χ1n) is 9.31. The second-order valence-corrected chi connectivity index (χ2v) is 6.49. The Morgan fingerprint density at radius 3 is 2.48 bits per heavy atom. The van der Waals surface area contributed by atoms with Crippen molar-refractivity contribution in [2.75, 3.05) is 11.9 Å². The maximum atomic E-state index is 12.3. The molecule has 0 heterocycles. The molecule has 27 heavy (non-hydrogen) atoms. The molecule has 0 saturated carbocycles. The van der Waals surface area contributed by atoms with Gasteiger partial charge in [0, 0.05) is 5.69 Å². The Kier molecular flexibility index (Phi) is 7.86. The molecule has 1 unspecified atom stereocenters. The van der Waals surface area contributed by atoms with Crippen LogP contribution < -0.4 is 10.1 Å². The maximum Gasteiger partial charge on any atom is 0.338 e. The number of unbranched alkanes of at least 4 members (excludes halogenated alkanes) is 2. The molecule has 0 spiro atoms. The SMILES string of the molecule is CCCCCOC(=O)c1ccc(NC(=O)C(C)Oc2cccc(C)c2)cc1. The molecule has 1 amide bonds. The van der Waals surface area contributed by atoms with E-state index >= 15 is 0 Å². The zero-order valence-corrected chi connectivity index (χ0v) is 16.2. The molecule has 1 atom stereocenters. The fourth-order valence-corrected chi connectivity index (χ4v) is 2.48. The molecule has 0 bridgehead atoms. The normalized spacial score (nSPS) is 11.5. The van der Waals surface area contributed by atoms with Gasteiger partial charge in [0.25, 0.3) is 5.91 Å². The first kappa shape index (κ1) is 20.5. The number of nitrogens with one attached hydrogen (secondary N) is 1. The standard InChI is InChI=1S/C22H27NO4/c1-4-5-6-14-26-22(25)18-10-12-19(13-11-18)23-21(24)17(3)27-20-9-7-8-16(2)15-20/h7-13,15,17H,4-6,14H2,1-3H3,(H,23,24). The number of amides is 1. The van der Waals surface area contributed by atoms with Gasteiger partial charge >= 0.3 is 5.97 Å². The number of carbonyl (C=O) groups excluding carboxylic acids is 2. The smallest absolute Gasteiger partial charge is 0.338 e. The van der Waals surface area contributed by atoms with E-state index in [4.69, 9.17) is 9.47 Å². The molecule has 0 aliphatic heterocycles. The van der Waals surface area contributed by atoms with Gasteiger partial charge in [0.1, 0.15) is 5.75 Å². The molecule has 144 valence electrons. The highest BCUT2D eigenvalue weighted by molar-refractivity contribution is 5.95. The average Bonchev–Trinajstić information content (AvgIpc) is 2.65. The van der Waals surface area contributed by atoms with Crippen molar-refractivity contribution in [1.29, 1.82) is 0 Å². The summed E-state index contributed by atoms with van der Waals surface area (Å²) in [5.74, 6) is 0.0466. The van der Waals surface area contributed by atoms with Crippen LogP contribution in [0.2, 0.25) is 0 Å². The number of anilines is 1. The zero-order chi connectivity index (χ0) is 19.6. The molecule has 0 aromatic heterocycles. The first-order chi connectivity index (χ1) is 13.0. The molecule has 1 N–H and O–H groups in total. The number of ether oxygens (including phenoxy) is 2. The average molecular weight is 369 g/mol. The van der Waals surface area contributed by atoms with Crippen molar-refractivity contribution in [2.24, 2.45) is 0 Å². The minimum atomic E-state index is -0.644. The number of hydrogen-bond donors (Lipinski definition) is 1. The van der Waals surface area contributed by atoms with E-state index in [1.54, 1.807) is 31.2 Å². The second-order valence-electron chi connectivity index (χ2n) is 6.49. The van der Waals surface area contributed by atoms with E-state index in [9.17, 15) is 9.59 Å². The lowest BCUT2D eigenvalue weighted by atomic mass is 10.2. The Labute approximate surface area is 160 Å². The highest BCUT2D eigenvalue weighted by Crippen LogP contribution is 2.16. The van der Waals surface area contributed by atoms with E-state index in [0.29, 0.717) is 23.6 Å². The molecule has 5 nitrogen and oxygen atoms in total. The number of carbonyl (C=O) groups is 2. The number of aryl methyl sites for hydroxylation is 1. The summed E-state index contributed by atoms with van der Waals surface area (Å²) in [7, 11) is 0. The minimum Gasteiger partial charge on any atom is -0.481 e. The van der Waals surface area contributed by atoms with Gasteiger partial charge in [-0.15, -0.1) is 0 Å².